The van der Waals surface area contributed by atoms with E-state index in [9.17, 15) is 9.59 Å². The third-order valence-electron chi connectivity index (χ3n) is 3.50. The van der Waals surface area contributed by atoms with Crippen LogP contribution in [0, 0.1) is 0 Å². The Bertz CT molecular complexity index is 729. The smallest absolute Gasteiger partial charge is 0.310 e. The number of ether oxygens (including phenoxy) is 2. The standard InChI is InChI=1S/C21H24O5/c1-21(2,3)26-20(24)14-18(16-7-5-4-6-8-16)25-17-11-9-15(10-12-17)13-19(22)23/h4-12,18H,13-14H2,1-3H3,(H,22,23). The van der Waals surface area contributed by atoms with E-state index in [2.05, 4.69) is 0 Å². The van der Waals surface area contributed by atoms with Gasteiger partial charge in [0.25, 0.3) is 0 Å². The molecular formula is C21H24O5. The lowest BCUT2D eigenvalue weighted by Crippen LogP contribution is -2.26. The first-order chi connectivity index (χ1) is 12.2. The molecule has 0 aliphatic carbocycles. The number of hydrogen-bond donors (Lipinski definition) is 1. The van der Waals surface area contributed by atoms with Crippen molar-refractivity contribution in [3.05, 3.63) is 65.7 Å². The van der Waals surface area contributed by atoms with Crippen LogP contribution in [0.4, 0.5) is 0 Å². The molecule has 138 valence electrons. The summed E-state index contributed by atoms with van der Waals surface area (Å²) in [6.07, 6.45) is -0.449. The van der Waals surface area contributed by atoms with Crippen LogP contribution in [-0.2, 0) is 20.7 Å². The van der Waals surface area contributed by atoms with Crippen LogP contribution in [0.2, 0.25) is 0 Å². The molecule has 0 amide bonds. The van der Waals surface area contributed by atoms with Crippen molar-refractivity contribution in [2.24, 2.45) is 0 Å². The largest absolute Gasteiger partial charge is 0.485 e. The van der Waals surface area contributed by atoms with Gasteiger partial charge in [-0.05, 0) is 44.0 Å². The molecule has 2 aromatic carbocycles. The van der Waals surface area contributed by atoms with Crippen molar-refractivity contribution in [2.45, 2.75) is 45.3 Å². The van der Waals surface area contributed by atoms with Gasteiger partial charge in [-0.2, -0.15) is 0 Å². The Morgan fingerprint density at radius 2 is 1.62 bits per heavy atom. The Morgan fingerprint density at radius 1 is 1.00 bits per heavy atom. The molecule has 2 aromatic rings. The Hall–Kier alpha value is -2.82. The molecule has 0 aliphatic rings. The maximum Gasteiger partial charge on any atom is 0.310 e. The molecule has 1 atom stereocenters. The number of carbonyl (C=O) groups is 2. The van der Waals surface area contributed by atoms with Gasteiger partial charge in [0.1, 0.15) is 17.5 Å². The van der Waals surface area contributed by atoms with Crippen molar-refractivity contribution in [3.8, 4) is 5.75 Å². The third-order valence-corrected chi connectivity index (χ3v) is 3.50. The number of carbonyl (C=O) groups excluding carboxylic acids is 1. The minimum absolute atomic E-state index is 0.0414. The maximum absolute atomic E-state index is 12.2. The number of hydrogen-bond acceptors (Lipinski definition) is 4. The van der Waals surface area contributed by atoms with Crippen LogP contribution < -0.4 is 4.74 Å². The maximum atomic E-state index is 12.2. The summed E-state index contributed by atoms with van der Waals surface area (Å²) in [5.74, 6) is -0.656. The second-order valence-corrected chi connectivity index (χ2v) is 7.02. The summed E-state index contributed by atoms with van der Waals surface area (Å²) >= 11 is 0. The highest BCUT2D eigenvalue weighted by Gasteiger charge is 2.23. The second kappa shape index (κ2) is 8.52. The molecule has 0 fully saturated rings. The number of carboxylic acid groups (broad SMARTS) is 1. The molecule has 0 bridgehead atoms. The lowest BCUT2D eigenvalue weighted by Gasteiger charge is -2.23. The molecular weight excluding hydrogens is 332 g/mol. The van der Waals surface area contributed by atoms with E-state index >= 15 is 0 Å². The third kappa shape index (κ3) is 6.59. The molecule has 0 radical (unpaired) electrons. The SMILES string of the molecule is CC(C)(C)OC(=O)CC(Oc1ccc(CC(=O)O)cc1)c1ccccc1. The molecule has 0 aromatic heterocycles. The Morgan fingerprint density at radius 3 is 2.15 bits per heavy atom. The zero-order valence-electron chi connectivity index (χ0n) is 15.3. The zero-order valence-corrected chi connectivity index (χ0v) is 15.3. The average Bonchev–Trinajstić information content (AvgIpc) is 2.54. The lowest BCUT2D eigenvalue weighted by atomic mass is 10.1. The van der Waals surface area contributed by atoms with Crippen molar-refractivity contribution in [1.82, 2.24) is 0 Å². The van der Waals surface area contributed by atoms with Crippen molar-refractivity contribution >= 4 is 11.9 Å². The number of aliphatic carboxylic acids is 1. The number of carboxylic acids is 1. The molecule has 0 aliphatic heterocycles. The van der Waals surface area contributed by atoms with Crippen LogP contribution >= 0.6 is 0 Å². The van der Waals surface area contributed by atoms with Crippen LogP contribution in [-0.4, -0.2) is 22.6 Å². The fourth-order valence-corrected chi connectivity index (χ4v) is 2.45. The highest BCUT2D eigenvalue weighted by Crippen LogP contribution is 2.26. The van der Waals surface area contributed by atoms with Gasteiger partial charge in [0, 0.05) is 0 Å². The molecule has 0 saturated carbocycles. The van der Waals surface area contributed by atoms with Gasteiger partial charge >= 0.3 is 11.9 Å². The summed E-state index contributed by atoms with van der Waals surface area (Å²) in [6.45, 7) is 5.47. The van der Waals surface area contributed by atoms with Gasteiger partial charge in [-0.1, -0.05) is 42.5 Å². The van der Waals surface area contributed by atoms with Crippen molar-refractivity contribution in [1.29, 1.82) is 0 Å². The van der Waals surface area contributed by atoms with Gasteiger partial charge in [-0.25, -0.2) is 0 Å². The summed E-state index contributed by atoms with van der Waals surface area (Å²) in [5.41, 5.74) is 0.998. The Balaban J connectivity index is 2.14. The zero-order chi connectivity index (χ0) is 19.2. The molecule has 0 spiro atoms. The highest BCUT2D eigenvalue weighted by atomic mass is 16.6. The van der Waals surface area contributed by atoms with Crippen LogP contribution in [0.1, 0.15) is 44.4 Å². The molecule has 0 heterocycles. The summed E-state index contributed by atoms with van der Waals surface area (Å²) in [4.78, 5) is 23.0. The van der Waals surface area contributed by atoms with Gasteiger partial charge in [0.15, 0.2) is 0 Å². The first-order valence-corrected chi connectivity index (χ1v) is 8.47. The number of esters is 1. The molecule has 1 unspecified atom stereocenters. The van der Waals surface area contributed by atoms with E-state index in [-0.39, 0.29) is 18.8 Å². The number of benzene rings is 2. The van der Waals surface area contributed by atoms with Gasteiger partial charge in [-0.3, -0.25) is 9.59 Å². The monoisotopic (exact) mass is 356 g/mol. The van der Waals surface area contributed by atoms with Crippen LogP contribution in [0.3, 0.4) is 0 Å². The second-order valence-electron chi connectivity index (χ2n) is 7.02. The summed E-state index contributed by atoms with van der Waals surface area (Å²) in [7, 11) is 0. The van der Waals surface area contributed by atoms with E-state index in [1.165, 1.54) is 0 Å². The Kier molecular flexibility index (Phi) is 6.39. The number of rotatable bonds is 7. The highest BCUT2D eigenvalue weighted by molar-refractivity contribution is 5.71. The van der Waals surface area contributed by atoms with Crippen LogP contribution in [0.5, 0.6) is 5.75 Å². The van der Waals surface area contributed by atoms with Crippen molar-refractivity contribution < 1.29 is 24.2 Å². The lowest BCUT2D eigenvalue weighted by molar-refractivity contribution is -0.156. The summed E-state index contributed by atoms with van der Waals surface area (Å²) in [5, 5.41) is 8.84. The molecule has 26 heavy (non-hydrogen) atoms. The van der Waals surface area contributed by atoms with Crippen LogP contribution in [0.15, 0.2) is 54.6 Å². The molecule has 2 rings (SSSR count). The van der Waals surface area contributed by atoms with E-state index in [4.69, 9.17) is 14.6 Å². The van der Waals surface area contributed by atoms with E-state index in [1.54, 1.807) is 24.3 Å². The topological polar surface area (TPSA) is 72.8 Å². The van der Waals surface area contributed by atoms with E-state index in [1.807, 2.05) is 51.1 Å². The van der Waals surface area contributed by atoms with E-state index in [0.717, 1.165) is 5.56 Å². The summed E-state index contributed by atoms with van der Waals surface area (Å²) in [6, 6.07) is 16.3. The predicted molar refractivity (Wildman–Crippen MR) is 98.1 cm³/mol. The fourth-order valence-electron chi connectivity index (χ4n) is 2.45. The minimum Gasteiger partial charge on any atom is -0.485 e. The first-order valence-electron chi connectivity index (χ1n) is 8.47. The van der Waals surface area contributed by atoms with Gasteiger partial charge in [0.05, 0.1) is 12.8 Å². The molecule has 1 N–H and O–H groups in total. The molecule has 0 saturated heterocycles. The van der Waals surface area contributed by atoms with E-state index in [0.29, 0.717) is 11.3 Å². The van der Waals surface area contributed by atoms with Gasteiger partial charge < -0.3 is 14.6 Å². The van der Waals surface area contributed by atoms with Gasteiger partial charge in [0.2, 0.25) is 0 Å². The minimum atomic E-state index is -0.884. The van der Waals surface area contributed by atoms with Gasteiger partial charge in [-0.15, -0.1) is 0 Å². The molecule has 5 nitrogen and oxygen atoms in total. The Labute approximate surface area is 153 Å². The summed E-state index contributed by atoms with van der Waals surface area (Å²) < 4.78 is 11.4. The van der Waals surface area contributed by atoms with Crippen molar-refractivity contribution in [2.75, 3.05) is 0 Å². The van der Waals surface area contributed by atoms with Crippen molar-refractivity contribution in [3.63, 3.8) is 0 Å². The van der Waals surface area contributed by atoms with Crippen LogP contribution in [0.25, 0.3) is 0 Å². The fraction of sp³-hybridized carbons (Fsp3) is 0.333. The average molecular weight is 356 g/mol. The normalized spacial score (nSPS) is 12.3. The molecule has 5 heteroatoms. The predicted octanol–water partition coefficient (Wildman–Crippen LogP) is 4.17. The van der Waals surface area contributed by atoms with E-state index < -0.39 is 17.7 Å². The quantitative estimate of drug-likeness (QED) is 0.754. The first kappa shape index (κ1) is 19.5.